The monoisotopic (exact) mass is 898 g/mol. The summed E-state index contributed by atoms with van der Waals surface area (Å²) in [7, 11) is 0. The van der Waals surface area contributed by atoms with E-state index < -0.39 is 55.6 Å². The van der Waals surface area contributed by atoms with Crippen molar-refractivity contribution in [3.05, 3.63) is 65.2 Å². The first-order valence-electron chi connectivity index (χ1n) is 25.5. The molecular formula is C51H87N5O8. The average molecular weight is 898 g/mol. The number of aromatic nitrogens is 5. The second-order valence-electron chi connectivity index (χ2n) is 18.7. The summed E-state index contributed by atoms with van der Waals surface area (Å²) < 4.78 is 14.7. The van der Waals surface area contributed by atoms with Crippen LogP contribution in [0.4, 0.5) is 0 Å². The van der Waals surface area contributed by atoms with Crippen LogP contribution in [0.25, 0.3) is 0 Å². The molecule has 8 atom stereocenters. The quantitative estimate of drug-likeness (QED) is 0.0304. The minimum atomic E-state index is -1.62. The zero-order chi connectivity index (χ0) is 45.8. The molecule has 364 valence electrons. The van der Waals surface area contributed by atoms with Crippen LogP contribution in [-0.2, 0) is 28.9 Å². The number of benzene rings is 1. The van der Waals surface area contributed by atoms with Crippen LogP contribution < -0.4 is 0 Å². The van der Waals surface area contributed by atoms with Crippen molar-refractivity contribution in [1.29, 1.82) is 0 Å². The number of hydrogen-bond acceptors (Lipinski definition) is 11. The van der Waals surface area contributed by atoms with Crippen molar-refractivity contribution in [2.75, 3.05) is 13.2 Å². The maximum Gasteiger partial charge on any atom is 0.186 e. The zero-order valence-electron chi connectivity index (χ0n) is 39.6. The summed E-state index contributed by atoms with van der Waals surface area (Å²) in [5, 5.41) is 77.1. The van der Waals surface area contributed by atoms with Gasteiger partial charge in [0, 0.05) is 24.5 Å². The predicted octanol–water partition coefficient (Wildman–Crippen LogP) is 8.79. The van der Waals surface area contributed by atoms with Crippen LogP contribution in [0, 0.1) is 6.92 Å². The molecule has 0 amide bonds. The highest BCUT2D eigenvalue weighted by Gasteiger charge is 2.45. The van der Waals surface area contributed by atoms with Crippen LogP contribution in [0.5, 0.6) is 0 Å². The van der Waals surface area contributed by atoms with Crippen molar-refractivity contribution in [3.8, 4) is 0 Å². The van der Waals surface area contributed by atoms with Crippen molar-refractivity contribution in [3.63, 3.8) is 0 Å². The third-order valence-corrected chi connectivity index (χ3v) is 13.1. The Labute approximate surface area is 385 Å². The first-order chi connectivity index (χ1) is 31.2. The third kappa shape index (κ3) is 20.0. The lowest BCUT2D eigenvalue weighted by Gasteiger charge is -2.40. The van der Waals surface area contributed by atoms with Gasteiger partial charge in [0.15, 0.2) is 6.29 Å². The van der Waals surface area contributed by atoms with E-state index in [-0.39, 0.29) is 6.61 Å². The Morgan fingerprint density at radius 2 is 1.19 bits per heavy atom. The van der Waals surface area contributed by atoms with Crippen LogP contribution in [0.3, 0.4) is 0 Å². The van der Waals surface area contributed by atoms with Gasteiger partial charge >= 0.3 is 0 Å². The van der Waals surface area contributed by atoms with Crippen molar-refractivity contribution < 1.29 is 40.1 Å². The van der Waals surface area contributed by atoms with Gasteiger partial charge in [0.05, 0.1) is 25.1 Å². The fraction of sp³-hybridized carbons (Fsp3) is 0.784. The van der Waals surface area contributed by atoms with Gasteiger partial charge in [-0.3, -0.25) is 4.68 Å². The van der Waals surface area contributed by atoms with Crippen LogP contribution in [0.15, 0.2) is 42.9 Å². The molecule has 64 heavy (non-hydrogen) atoms. The molecule has 0 aliphatic carbocycles. The van der Waals surface area contributed by atoms with E-state index in [4.69, 9.17) is 9.47 Å². The van der Waals surface area contributed by atoms with Gasteiger partial charge in [-0.15, -0.1) is 5.10 Å². The molecule has 3 aromatic rings. The van der Waals surface area contributed by atoms with E-state index in [1.165, 1.54) is 138 Å². The van der Waals surface area contributed by atoms with E-state index in [1.54, 1.807) is 23.3 Å². The lowest BCUT2D eigenvalue weighted by molar-refractivity contribution is -0.304. The fourth-order valence-corrected chi connectivity index (χ4v) is 8.83. The molecular weight excluding hydrogens is 811 g/mol. The summed E-state index contributed by atoms with van der Waals surface area (Å²) in [5.41, 5.74) is 3.81. The number of ether oxygens (including phenoxy) is 2. The molecule has 1 aromatic carbocycles. The zero-order valence-corrected chi connectivity index (χ0v) is 39.6. The summed E-state index contributed by atoms with van der Waals surface area (Å²) >= 11 is 0. The summed E-state index contributed by atoms with van der Waals surface area (Å²) in [4.78, 5) is 0. The van der Waals surface area contributed by atoms with E-state index in [0.717, 1.165) is 57.1 Å². The molecule has 0 spiro atoms. The lowest BCUT2D eigenvalue weighted by atomic mass is 9.99. The topological polar surface area (TPSA) is 188 Å². The second-order valence-corrected chi connectivity index (χ2v) is 18.7. The van der Waals surface area contributed by atoms with E-state index in [0.29, 0.717) is 12.1 Å². The Bertz CT molecular complexity index is 1590. The molecule has 0 saturated carbocycles. The van der Waals surface area contributed by atoms with Crippen molar-refractivity contribution in [2.24, 2.45) is 0 Å². The van der Waals surface area contributed by atoms with Gasteiger partial charge in [0.25, 0.3) is 0 Å². The molecule has 0 bridgehead atoms. The Balaban J connectivity index is 1.15. The fourth-order valence-electron chi connectivity index (χ4n) is 8.83. The Morgan fingerprint density at radius 3 is 1.75 bits per heavy atom. The number of rotatable bonds is 37. The van der Waals surface area contributed by atoms with Crippen molar-refractivity contribution >= 4 is 0 Å². The molecule has 2 aromatic heterocycles. The molecule has 1 aliphatic heterocycles. The van der Waals surface area contributed by atoms with Gasteiger partial charge in [-0.1, -0.05) is 183 Å². The van der Waals surface area contributed by atoms with Crippen molar-refractivity contribution in [2.45, 2.75) is 243 Å². The van der Waals surface area contributed by atoms with Crippen molar-refractivity contribution in [1.82, 2.24) is 24.8 Å². The SMILES string of the molecule is CCCCCCCCCCCCCCCCCCCCCCCc1cn([C@@H](CO[C@H]2O[C@H](CO)[C@H](O)[C@H](O)[C@H]2O)[C@H](O)[C@H](O)c2cnn(CCCCCCc3ccc(C)cc3)c2)nn1. The lowest BCUT2D eigenvalue weighted by Crippen LogP contribution is -2.59. The Hall–Kier alpha value is -2.75. The average Bonchev–Trinajstić information content (AvgIpc) is 3.98. The number of aliphatic hydroxyl groups excluding tert-OH is 6. The Morgan fingerprint density at radius 1 is 0.656 bits per heavy atom. The second kappa shape index (κ2) is 32.0. The van der Waals surface area contributed by atoms with Crippen LogP contribution in [0.1, 0.15) is 202 Å². The molecule has 4 rings (SSSR count). The number of nitrogens with zero attached hydrogens (tertiary/aromatic N) is 5. The molecule has 6 N–H and O–H groups in total. The van der Waals surface area contributed by atoms with Crippen LogP contribution >= 0.6 is 0 Å². The molecule has 1 fully saturated rings. The first kappa shape index (κ1) is 53.9. The normalized spacial score (nSPS) is 20.5. The number of unbranched alkanes of at least 4 members (excludes halogenated alkanes) is 23. The first-order valence-corrected chi connectivity index (χ1v) is 25.5. The molecule has 1 aliphatic rings. The molecule has 0 unspecified atom stereocenters. The molecule has 3 heterocycles. The summed E-state index contributed by atoms with van der Waals surface area (Å²) in [6.45, 7) is 4.17. The highest BCUT2D eigenvalue weighted by molar-refractivity contribution is 5.21. The summed E-state index contributed by atoms with van der Waals surface area (Å²) in [5.74, 6) is 0. The molecule has 1 saturated heterocycles. The molecule has 13 heteroatoms. The van der Waals surface area contributed by atoms with E-state index in [9.17, 15) is 30.6 Å². The molecule has 13 nitrogen and oxygen atoms in total. The Kier molecular flexibility index (Phi) is 27.0. The minimum Gasteiger partial charge on any atom is -0.394 e. The van der Waals surface area contributed by atoms with Gasteiger partial charge in [-0.2, -0.15) is 5.10 Å². The summed E-state index contributed by atoms with van der Waals surface area (Å²) in [6.07, 6.45) is 28.9. The largest absolute Gasteiger partial charge is 0.394 e. The number of hydrogen-bond donors (Lipinski definition) is 6. The van der Waals surface area contributed by atoms with Gasteiger partial charge in [-0.05, 0) is 44.6 Å². The standard InChI is InChI=1S/C51H87N5O8/c1-3-4-5-6-7-8-9-10-11-12-13-14-15-16-17-18-19-20-21-22-26-29-43-37-56(54-53-43)44(39-63-51-50(62)49(61)48(60)45(38-57)64-51)47(59)46(58)42-35-52-55(36-42)34-27-24-23-25-28-41-32-30-40(2)31-33-41/h30-33,35-37,44-51,57-62H,3-29,34,38-39H2,1-2H3/t44-,45+,46+,47-,48-,49-,50+,51-/m0/s1. The highest BCUT2D eigenvalue weighted by atomic mass is 16.7. The number of aliphatic hydroxyl groups is 6. The van der Waals surface area contributed by atoms with E-state index in [1.807, 2.05) is 0 Å². The van der Waals surface area contributed by atoms with E-state index in [2.05, 4.69) is 53.5 Å². The van der Waals surface area contributed by atoms with Crippen LogP contribution in [0.2, 0.25) is 0 Å². The predicted molar refractivity (Wildman–Crippen MR) is 252 cm³/mol. The van der Waals surface area contributed by atoms with E-state index >= 15 is 0 Å². The molecule has 0 radical (unpaired) electrons. The van der Waals surface area contributed by atoms with Gasteiger partial charge < -0.3 is 40.1 Å². The maximum atomic E-state index is 11.6. The highest BCUT2D eigenvalue weighted by Crippen LogP contribution is 2.28. The van der Waals surface area contributed by atoms with Gasteiger partial charge in [0.1, 0.15) is 42.7 Å². The minimum absolute atomic E-state index is 0.292. The smallest absolute Gasteiger partial charge is 0.186 e. The van der Waals surface area contributed by atoms with Crippen LogP contribution in [-0.4, -0.2) is 105 Å². The van der Waals surface area contributed by atoms with Gasteiger partial charge in [0.2, 0.25) is 0 Å². The third-order valence-electron chi connectivity index (χ3n) is 13.1. The van der Waals surface area contributed by atoms with Gasteiger partial charge in [-0.25, -0.2) is 4.68 Å². The number of aryl methyl sites for hydroxylation is 4. The maximum absolute atomic E-state index is 11.6. The summed E-state index contributed by atoms with van der Waals surface area (Å²) in [6, 6.07) is 7.72.